The second kappa shape index (κ2) is 18.7. The lowest BCUT2D eigenvalue weighted by Crippen LogP contribution is -2.46. The van der Waals surface area contributed by atoms with Gasteiger partial charge >= 0.3 is 0 Å². The van der Waals surface area contributed by atoms with Gasteiger partial charge in [0.25, 0.3) is 10.0 Å². The maximum Gasteiger partial charge on any atom is 0.266 e. The lowest BCUT2D eigenvalue weighted by atomic mass is 9.99. The van der Waals surface area contributed by atoms with Crippen molar-refractivity contribution >= 4 is 84.7 Å². The van der Waals surface area contributed by atoms with Gasteiger partial charge in [-0.25, -0.2) is 18.4 Å². The normalized spacial score (nSPS) is 14.2. The van der Waals surface area contributed by atoms with E-state index in [1.807, 2.05) is 62.6 Å². The lowest BCUT2D eigenvalue weighted by molar-refractivity contribution is 0.250. The third-order valence-electron chi connectivity index (χ3n) is 9.89. The van der Waals surface area contributed by atoms with E-state index in [1.54, 1.807) is 23.9 Å². The van der Waals surface area contributed by atoms with Crippen LogP contribution in [0.1, 0.15) is 12.0 Å². The van der Waals surface area contributed by atoms with E-state index in [-0.39, 0.29) is 26.8 Å². The van der Waals surface area contributed by atoms with Crippen molar-refractivity contribution in [3.63, 3.8) is 0 Å². The van der Waals surface area contributed by atoms with Crippen molar-refractivity contribution in [3.8, 4) is 11.1 Å². The third kappa shape index (κ3) is 10.5. The standard InChI is InChI=1S/C43H44Cl3N7O2S2/c1-51(2)18-17-33(28-56-36-11-7-4-8-12-36)49-34-24-39(45)42(40(46)25-34)57(54,55)50-43-38-16-14-35(26-41(38)47-29-48-43)53-21-19-52(20-22-53)27-31-23-32(44)13-15-37(31)30-9-5-3-6-10-30/h3-16,23-26,29,33,49H,17-22,27-28H2,1-2H3,(H,47,48,50)/t33-/m1/s1. The molecule has 0 unspecified atom stereocenters. The second-order valence-corrected chi connectivity index (χ2v) is 18.2. The van der Waals surface area contributed by atoms with E-state index in [9.17, 15) is 8.42 Å². The van der Waals surface area contributed by atoms with Gasteiger partial charge in [-0.15, -0.1) is 11.8 Å². The zero-order valence-electron chi connectivity index (χ0n) is 31.7. The molecular formula is C43H44Cl3N7O2S2. The van der Waals surface area contributed by atoms with Gasteiger partial charge in [0.15, 0.2) is 5.82 Å². The van der Waals surface area contributed by atoms with Crippen LogP contribution in [0, 0.1) is 0 Å². The minimum absolute atomic E-state index is 0.00557. The minimum Gasteiger partial charge on any atom is -0.381 e. The summed E-state index contributed by atoms with van der Waals surface area (Å²) in [5.74, 6) is 0.941. The molecule has 0 bridgehead atoms. The molecule has 2 heterocycles. The highest BCUT2D eigenvalue weighted by Crippen LogP contribution is 2.36. The Morgan fingerprint density at radius 3 is 2.23 bits per heavy atom. The fraction of sp³-hybridized carbons (Fsp3) is 0.256. The molecule has 2 N–H and O–H groups in total. The van der Waals surface area contributed by atoms with Gasteiger partial charge in [-0.05, 0) is 98.3 Å². The molecule has 0 amide bonds. The molecule has 0 saturated carbocycles. The first-order valence-corrected chi connectivity index (χ1v) is 22.3. The van der Waals surface area contributed by atoms with E-state index in [0.717, 1.165) is 62.2 Å². The Morgan fingerprint density at radius 2 is 1.53 bits per heavy atom. The predicted octanol–water partition coefficient (Wildman–Crippen LogP) is 9.90. The predicted molar refractivity (Wildman–Crippen MR) is 239 cm³/mol. The first kappa shape index (κ1) is 41.1. The molecule has 0 spiro atoms. The number of hydrogen-bond donors (Lipinski definition) is 2. The van der Waals surface area contributed by atoms with Crippen LogP contribution in [0.25, 0.3) is 22.0 Å². The Kier molecular flexibility index (Phi) is 13.5. The Hall–Kier alpha value is -4.07. The van der Waals surface area contributed by atoms with Gasteiger partial charge in [0.1, 0.15) is 11.2 Å². The smallest absolute Gasteiger partial charge is 0.266 e. The van der Waals surface area contributed by atoms with Crippen LogP contribution in [0.15, 0.2) is 125 Å². The Balaban J connectivity index is 1.02. The molecule has 1 aliphatic rings. The molecular weight excluding hydrogens is 817 g/mol. The van der Waals surface area contributed by atoms with E-state index >= 15 is 0 Å². The maximum atomic E-state index is 13.9. The number of anilines is 3. The van der Waals surface area contributed by atoms with Gasteiger partial charge < -0.3 is 15.1 Å². The molecule has 5 aromatic carbocycles. The van der Waals surface area contributed by atoms with Crippen LogP contribution >= 0.6 is 46.6 Å². The number of nitrogens with one attached hydrogen (secondary N) is 2. The summed E-state index contributed by atoms with van der Waals surface area (Å²) in [4.78, 5) is 16.7. The number of piperazine rings is 1. The van der Waals surface area contributed by atoms with Crippen LogP contribution in [0.3, 0.4) is 0 Å². The molecule has 57 heavy (non-hydrogen) atoms. The molecule has 1 aliphatic heterocycles. The first-order chi connectivity index (χ1) is 27.5. The SMILES string of the molecule is CN(C)CC[C@H](CSc1ccccc1)Nc1cc(Cl)c(S(=O)(=O)Nc2ncnc3cc(N4CCN(Cc5cc(Cl)ccc5-c5ccccc5)CC4)ccc23)c(Cl)c1. The van der Waals surface area contributed by atoms with Crippen LogP contribution in [0.5, 0.6) is 0 Å². The lowest BCUT2D eigenvalue weighted by Gasteiger charge is -2.36. The molecule has 1 atom stereocenters. The second-order valence-electron chi connectivity index (χ2n) is 14.3. The molecule has 1 saturated heterocycles. The Morgan fingerprint density at radius 1 is 0.825 bits per heavy atom. The topological polar surface area (TPSA) is 93.7 Å². The number of hydrogen-bond acceptors (Lipinski definition) is 9. The molecule has 0 aliphatic carbocycles. The van der Waals surface area contributed by atoms with Crippen molar-refractivity contribution in [2.24, 2.45) is 0 Å². The largest absolute Gasteiger partial charge is 0.381 e. The van der Waals surface area contributed by atoms with Gasteiger partial charge in [-0.1, -0.05) is 89.4 Å². The summed E-state index contributed by atoms with van der Waals surface area (Å²) in [5.41, 5.74) is 5.82. The number of thioether (sulfide) groups is 1. The van der Waals surface area contributed by atoms with E-state index < -0.39 is 10.0 Å². The number of benzene rings is 5. The summed E-state index contributed by atoms with van der Waals surface area (Å²) < 4.78 is 30.4. The molecule has 1 aromatic heterocycles. The highest BCUT2D eigenvalue weighted by Gasteiger charge is 2.26. The molecule has 1 fully saturated rings. The fourth-order valence-electron chi connectivity index (χ4n) is 6.96. The summed E-state index contributed by atoms with van der Waals surface area (Å²) in [6.07, 6.45) is 2.22. The number of aromatic nitrogens is 2. The summed E-state index contributed by atoms with van der Waals surface area (Å²) in [6.45, 7) is 5.05. The van der Waals surface area contributed by atoms with E-state index in [0.29, 0.717) is 16.6 Å². The van der Waals surface area contributed by atoms with Crippen molar-refractivity contribution in [2.45, 2.75) is 28.8 Å². The monoisotopic (exact) mass is 859 g/mol. The zero-order valence-corrected chi connectivity index (χ0v) is 35.6. The van der Waals surface area contributed by atoms with E-state index in [1.165, 1.54) is 27.9 Å². The van der Waals surface area contributed by atoms with Gasteiger partial charge in [0.05, 0.1) is 15.6 Å². The van der Waals surface area contributed by atoms with Crippen molar-refractivity contribution in [1.29, 1.82) is 0 Å². The van der Waals surface area contributed by atoms with Crippen molar-refractivity contribution in [1.82, 2.24) is 19.8 Å². The van der Waals surface area contributed by atoms with E-state index in [2.05, 4.69) is 83.2 Å². The average Bonchev–Trinajstić information content (AvgIpc) is 3.19. The van der Waals surface area contributed by atoms with Crippen molar-refractivity contribution in [2.75, 3.05) is 67.5 Å². The number of sulfonamides is 1. The van der Waals surface area contributed by atoms with Gasteiger partial charge in [0, 0.05) is 71.2 Å². The van der Waals surface area contributed by atoms with Crippen LogP contribution in [0.4, 0.5) is 17.2 Å². The van der Waals surface area contributed by atoms with Gasteiger partial charge in [-0.3, -0.25) is 9.62 Å². The van der Waals surface area contributed by atoms with E-state index in [4.69, 9.17) is 34.8 Å². The van der Waals surface area contributed by atoms with Crippen molar-refractivity contribution < 1.29 is 8.42 Å². The Labute approximate surface area is 354 Å². The quantitative estimate of drug-likeness (QED) is 0.0980. The summed E-state index contributed by atoms with van der Waals surface area (Å²) in [7, 11) is -0.158. The molecule has 9 nitrogen and oxygen atoms in total. The fourth-order valence-corrected chi connectivity index (χ4v) is 10.4. The Bertz CT molecular complexity index is 2390. The average molecular weight is 861 g/mol. The summed E-state index contributed by atoms with van der Waals surface area (Å²) in [5, 5.41) is 4.83. The maximum absolute atomic E-state index is 13.9. The molecule has 14 heteroatoms. The third-order valence-corrected chi connectivity index (χ3v) is 13.6. The zero-order chi connectivity index (χ0) is 39.9. The summed E-state index contributed by atoms with van der Waals surface area (Å²) >= 11 is 21.6. The minimum atomic E-state index is -4.23. The van der Waals surface area contributed by atoms with Crippen LogP contribution < -0.4 is 14.9 Å². The van der Waals surface area contributed by atoms with Gasteiger partial charge in [-0.2, -0.15) is 0 Å². The van der Waals surface area contributed by atoms with Crippen LogP contribution in [0.2, 0.25) is 15.1 Å². The summed E-state index contributed by atoms with van der Waals surface area (Å²) in [6, 6.07) is 35.8. The molecule has 296 valence electrons. The number of nitrogens with zero attached hydrogens (tertiary/aromatic N) is 5. The van der Waals surface area contributed by atoms with Crippen LogP contribution in [-0.2, 0) is 16.6 Å². The molecule has 6 aromatic rings. The number of halogens is 3. The molecule has 0 radical (unpaired) electrons. The highest BCUT2D eigenvalue weighted by molar-refractivity contribution is 7.99. The highest BCUT2D eigenvalue weighted by atomic mass is 35.5. The number of rotatable bonds is 15. The first-order valence-electron chi connectivity index (χ1n) is 18.7. The molecule has 7 rings (SSSR count). The van der Waals surface area contributed by atoms with Gasteiger partial charge in [0.2, 0.25) is 0 Å². The van der Waals surface area contributed by atoms with Crippen LogP contribution in [-0.4, -0.2) is 86.8 Å². The number of fused-ring (bicyclic) bond motifs is 1. The van der Waals surface area contributed by atoms with Crippen molar-refractivity contribution in [3.05, 3.63) is 136 Å².